The lowest BCUT2D eigenvalue weighted by Crippen LogP contribution is -2.63. The molecule has 8 nitrogen and oxygen atoms in total. The summed E-state index contributed by atoms with van der Waals surface area (Å²) in [6.45, 7) is 12.4. The van der Waals surface area contributed by atoms with Gasteiger partial charge in [-0.05, 0) is 32.5 Å². The van der Waals surface area contributed by atoms with Gasteiger partial charge in [-0.15, -0.1) is 0 Å². The maximum absolute atomic E-state index is 13.5. The SMILES string of the molecule is CCN(CC)CCN1C(C)=CN2C1=NC1C2C(=O)N(Cc2cccc(C)c2)C(=O)N1C. The van der Waals surface area contributed by atoms with Crippen molar-refractivity contribution in [1.82, 2.24) is 24.5 Å². The molecule has 0 radical (unpaired) electrons. The normalized spacial score (nSPS) is 22.9. The number of amides is 3. The molecule has 31 heavy (non-hydrogen) atoms. The molecule has 0 bridgehead atoms. The van der Waals surface area contributed by atoms with Crippen molar-refractivity contribution in [2.24, 2.45) is 4.99 Å². The molecular formula is C23H32N6O2. The predicted octanol–water partition coefficient (Wildman–Crippen LogP) is 2.27. The van der Waals surface area contributed by atoms with E-state index in [4.69, 9.17) is 4.99 Å². The average molecular weight is 425 g/mol. The zero-order valence-corrected chi connectivity index (χ0v) is 19.1. The van der Waals surface area contributed by atoms with Crippen molar-refractivity contribution in [3.8, 4) is 0 Å². The smallest absolute Gasteiger partial charge is 0.313 e. The number of carbonyl (C=O) groups is 2. The highest BCUT2D eigenvalue weighted by atomic mass is 16.2. The summed E-state index contributed by atoms with van der Waals surface area (Å²) in [5.74, 6) is 0.577. The Labute approximate surface area is 184 Å². The van der Waals surface area contributed by atoms with E-state index < -0.39 is 12.2 Å². The molecule has 3 amide bonds. The van der Waals surface area contributed by atoms with E-state index in [1.54, 1.807) is 11.9 Å². The van der Waals surface area contributed by atoms with Gasteiger partial charge in [0.2, 0.25) is 5.96 Å². The number of aliphatic imine (C=N–C) groups is 1. The Balaban J connectivity index is 1.56. The molecule has 2 atom stereocenters. The van der Waals surface area contributed by atoms with E-state index in [1.807, 2.05) is 49.2 Å². The molecule has 3 heterocycles. The van der Waals surface area contributed by atoms with Crippen LogP contribution in [0.2, 0.25) is 0 Å². The van der Waals surface area contributed by atoms with Gasteiger partial charge in [0, 0.05) is 32.0 Å². The number of hydrogen-bond acceptors (Lipinski definition) is 6. The Morgan fingerprint density at radius 3 is 2.52 bits per heavy atom. The number of likely N-dealkylation sites (N-methyl/N-ethyl adjacent to an activating group) is 2. The molecule has 3 aliphatic heterocycles. The van der Waals surface area contributed by atoms with Gasteiger partial charge >= 0.3 is 6.03 Å². The lowest BCUT2D eigenvalue weighted by Gasteiger charge is -2.40. The van der Waals surface area contributed by atoms with Crippen molar-refractivity contribution in [3.05, 3.63) is 47.3 Å². The fourth-order valence-corrected chi connectivity index (χ4v) is 4.60. The number of fused-ring (bicyclic) bond motifs is 3. The van der Waals surface area contributed by atoms with Crippen molar-refractivity contribution in [2.45, 2.75) is 46.4 Å². The molecule has 1 fully saturated rings. The summed E-state index contributed by atoms with van der Waals surface area (Å²) in [5.41, 5.74) is 3.12. The van der Waals surface area contributed by atoms with Crippen LogP contribution in [0, 0.1) is 6.92 Å². The van der Waals surface area contributed by atoms with Crippen LogP contribution in [0.1, 0.15) is 31.9 Å². The second-order valence-corrected chi connectivity index (χ2v) is 8.45. The summed E-state index contributed by atoms with van der Waals surface area (Å²) < 4.78 is 0. The summed E-state index contributed by atoms with van der Waals surface area (Å²) >= 11 is 0. The summed E-state index contributed by atoms with van der Waals surface area (Å²) in [7, 11) is 1.73. The predicted molar refractivity (Wildman–Crippen MR) is 120 cm³/mol. The maximum atomic E-state index is 13.5. The van der Waals surface area contributed by atoms with E-state index in [0.29, 0.717) is 0 Å². The highest BCUT2D eigenvalue weighted by Gasteiger charge is 2.54. The zero-order valence-electron chi connectivity index (χ0n) is 19.1. The molecule has 8 heteroatoms. The third-order valence-electron chi connectivity index (χ3n) is 6.46. The molecular weight excluding hydrogens is 392 g/mol. The quantitative estimate of drug-likeness (QED) is 0.672. The van der Waals surface area contributed by atoms with Crippen LogP contribution in [0.15, 0.2) is 41.2 Å². The minimum Gasteiger partial charge on any atom is -0.313 e. The van der Waals surface area contributed by atoms with Crippen molar-refractivity contribution < 1.29 is 9.59 Å². The number of carbonyl (C=O) groups excluding carboxylic acids is 2. The molecule has 0 N–H and O–H groups in total. The largest absolute Gasteiger partial charge is 0.328 e. The van der Waals surface area contributed by atoms with E-state index in [0.717, 1.165) is 49.0 Å². The minimum absolute atomic E-state index is 0.192. The number of benzene rings is 1. The number of allylic oxidation sites excluding steroid dienone is 1. The van der Waals surface area contributed by atoms with Gasteiger partial charge in [0.25, 0.3) is 5.91 Å². The van der Waals surface area contributed by atoms with E-state index >= 15 is 0 Å². The van der Waals surface area contributed by atoms with Gasteiger partial charge in [-0.1, -0.05) is 43.7 Å². The lowest BCUT2D eigenvalue weighted by atomic mass is 10.1. The zero-order chi connectivity index (χ0) is 22.3. The molecule has 2 unspecified atom stereocenters. The van der Waals surface area contributed by atoms with Gasteiger partial charge in [0.1, 0.15) is 0 Å². The Morgan fingerprint density at radius 1 is 1.10 bits per heavy atom. The van der Waals surface area contributed by atoms with Gasteiger partial charge in [-0.2, -0.15) is 0 Å². The fraction of sp³-hybridized carbons (Fsp3) is 0.522. The molecule has 1 aromatic carbocycles. The number of imide groups is 1. The number of guanidine groups is 1. The van der Waals surface area contributed by atoms with Gasteiger partial charge in [-0.3, -0.25) is 9.69 Å². The van der Waals surface area contributed by atoms with Gasteiger partial charge in [0.05, 0.1) is 6.54 Å². The molecule has 0 saturated carbocycles. The summed E-state index contributed by atoms with van der Waals surface area (Å²) in [6, 6.07) is 7.10. The van der Waals surface area contributed by atoms with Crippen LogP contribution in [0.25, 0.3) is 0 Å². The molecule has 1 saturated heterocycles. The third kappa shape index (κ3) is 3.69. The van der Waals surface area contributed by atoms with Crippen molar-refractivity contribution >= 4 is 17.9 Å². The van der Waals surface area contributed by atoms with Crippen molar-refractivity contribution in [3.63, 3.8) is 0 Å². The second kappa shape index (κ2) is 8.34. The first-order valence-corrected chi connectivity index (χ1v) is 11.0. The molecule has 3 aliphatic rings. The molecule has 0 aromatic heterocycles. The summed E-state index contributed by atoms with van der Waals surface area (Å²) in [5, 5.41) is 0. The van der Waals surface area contributed by atoms with Crippen LogP contribution in [0.3, 0.4) is 0 Å². The van der Waals surface area contributed by atoms with Gasteiger partial charge in [0.15, 0.2) is 12.2 Å². The van der Waals surface area contributed by atoms with Crippen molar-refractivity contribution in [2.75, 3.05) is 33.2 Å². The molecule has 166 valence electrons. The molecule has 1 aromatic rings. The first-order valence-electron chi connectivity index (χ1n) is 11.0. The number of aryl methyl sites for hydroxylation is 1. The third-order valence-corrected chi connectivity index (χ3v) is 6.46. The Morgan fingerprint density at radius 2 is 1.84 bits per heavy atom. The van der Waals surface area contributed by atoms with E-state index in [-0.39, 0.29) is 18.5 Å². The fourth-order valence-electron chi connectivity index (χ4n) is 4.60. The number of nitrogens with zero attached hydrogens (tertiary/aromatic N) is 6. The van der Waals surface area contributed by atoms with Crippen LogP contribution < -0.4 is 0 Å². The Kier molecular flexibility index (Phi) is 5.75. The highest BCUT2D eigenvalue weighted by Crippen LogP contribution is 2.34. The lowest BCUT2D eigenvalue weighted by molar-refractivity contribution is -0.137. The van der Waals surface area contributed by atoms with Crippen LogP contribution in [-0.4, -0.2) is 87.8 Å². The Bertz CT molecular complexity index is 938. The first-order chi connectivity index (χ1) is 14.8. The monoisotopic (exact) mass is 424 g/mol. The van der Waals surface area contributed by atoms with Gasteiger partial charge in [-0.25, -0.2) is 9.79 Å². The molecule has 4 rings (SSSR count). The molecule has 0 spiro atoms. The Hall–Kier alpha value is -2.87. The first kappa shape index (κ1) is 21.4. The standard InChI is InChI=1S/C23H32N6O2/c1-6-26(7-2)11-12-27-17(4)14-28-19-20(24-22(27)28)25(5)23(31)29(21(19)30)15-18-10-8-9-16(3)13-18/h8-10,13-14,19-20H,6-7,11-12,15H2,1-5H3. The summed E-state index contributed by atoms with van der Waals surface area (Å²) in [6.07, 6.45) is 1.50. The minimum atomic E-state index is -0.518. The van der Waals surface area contributed by atoms with E-state index in [2.05, 4.69) is 23.6 Å². The van der Waals surface area contributed by atoms with E-state index in [9.17, 15) is 9.59 Å². The highest BCUT2D eigenvalue weighted by molar-refractivity contribution is 6.04. The van der Waals surface area contributed by atoms with E-state index in [1.165, 1.54) is 4.90 Å². The topological polar surface area (TPSA) is 62.7 Å². The van der Waals surface area contributed by atoms with Crippen molar-refractivity contribution in [1.29, 1.82) is 0 Å². The van der Waals surface area contributed by atoms with Crippen LogP contribution in [0.5, 0.6) is 0 Å². The van der Waals surface area contributed by atoms with Crippen LogP contribution in [-0.2, 0) is 11.3 Å². The van der Waals surface area contributed by atoms with Gasteiger partial charge < -0.3 is 19.6 Å². The number of rotatable bonds is 7. The number of urea groups is 1. The van der Waals surface area contributed by atoms with Crippen LogP contribution in [0.4, 0.5) is 4.79 Å². The second-order valence-electron chi connectivity index (χ2n) is 8.45. The molecule has 0 aliphatic carbocycles. The number of hydrogen-bond donors (Lipinski definition) is 0. The van der Waals surface area contributed by atoms with Crippen LogP contribution >= 0.6 is 0 Å². The summed E-state index contributed by atoms with van der Waals surface area (Å²) in [4.78, 5) is 40.8. The average Bonchev–Trinajstić information content (AvgIpc) is 3.26. The maximum Gasteiger partial charge on any atom is 0.328 e.